The molecule has 4 nitrogen and oxygen atoms in total. The first-order valence-electron chi connectivity index (χ1n) is 6.77. The third kappa shape index (κ3) is 2.33. The van der Waals surface area contributed by atoms with Crippen molar-refractivity contribution in [3.63, 3.8) is 0 Å². The lowest BCUT2D eigenvalue weighted by molar-refractivity contribution is -0.138. The lowest BCUT2D eigenvalue weighted by Gasteiger charge is -2.34. The highest BCUT2D eigenvalue weighted by Gasteiger charge is 2.42. The average Bonchev–Trinajstić information content (AvgIpc) is 2.88. The predicted molar refractivity (Wildman–Crippen MR) is 62.3 cm³/mol. The molecule has 1 aliphatic carbocycles. The smallest absolute Gasteiger partial charge is 0.225 e. The summed E-state index contributed by atoms with van der Waals surface area (Å²) in [5.74, 6) is 1.80. The van der Waals surface area contributed by atoms with Gasteiger partial charge in [0.1, 0.15) is 0 Å². The summed E-state index contributed by atoms with van der Waals surface area (Å²) >= 11 is 0. The van der Waals surface area contributed by atoms with Crippen LogP contribution in [0.25, 0.3) is 0 Å². The number of carbonyl (C=O) groups excluding carboxylic acids is 1. The number of nitrogens with zero attached hydrogens (tertiary/aromatic N) is 1. The molecule has 2 saturated heterocycles. The van der Waals surface area contributed by atoms with Crippen LogP contribution in [0.1, 0.15) is 26.2 Å². The van der Waals surface area contributed by atoms with Gasteiger partial charge in [0.15, 0.2) is 6.29 Å². The third-order valence-corrected chi connectivity index (χ3v) is 4.31. The van der Waals surface area contributed by atoms with E-state index in [1.165, 1.54) is 0 Å². The van der Waals surface area contributed by atoms with Crippen molar-refractivity contribution in [1.29, 1.82) is 0 Å². The Morgan fingerprint density at radius 2 is 1.76 bits per heavy atom. The second-order valence-electron chi connectivity index (χ2n) is 5.59. The molecule has 3 rings (SSSR count). The first-order valence-corrected chi connectivity index (χ1v) is 6.77. The molecule has 3 fully saturated rings. The average molecular weight is 239 g/mol. The van der Waals surface area contributed by atoms with E-state index in [0.29, 0.717) is 23.7 Å². The van der Waals surface area contributed by atoms with E-state index in [2.05, 4.69) is 6.92 Å². The number of hydrogen-bond donors (Lipinski definition) is 0. The van der Waals surface area contributed by atoms with Gasteiger partial charge in [0.05, 0.1) is 13.2 Å². The molecule has 0 N–H and O–H groups in total. The summed E-state index contributed by atoms with van der Waals surface area (Å²) in [6, 6.07) is 0. The van der Waals surface area contributed by atoms with Crippen molar-refractivity contribution in [2.24, 2.45) is 17.8 Å². The topological polar surface area (TPSA) is 38.8 Å². The second kappa shape index (κ2) is 4.58. The molecule has 2 heterocycles. The van der Waals surface area contributed by atoms with Gasteiger partial charge in [0, 0.05) is 24.9 Å². The fourth-order valence-corrected chi connectivity index (χ4v) is 2.94. The summed E-state index contributed by atoms with van der Waals surface area (Å²) in [5, 5.41) is 0. The molecule has 0 radical (unpaired) electrons. The van der Waals surface area contributed by atoms with Crippen molar-refractivity contribution in [3.05, 3.63) is 0 Å². The van der Waals surface area contributed by atoms with Crippen molar-refractivity contribution in [1.82, 2.24) is 4.90 Å². The van der Waals surface area contributed by atoms with E-state index in [0.717, 1.165) is 45.6 Å². The van der Waals surface area contributed by atoms with E-state index in [-0.39, 0.29) is 6.29 Å². The Labute approximate surface area is 102 Å². The molecule has 2 unspecified atom stereocenters. The number of rotatable bonds is 2. The lowest BCUT2D eigenvalue weighted by atomic mass is 9.96. The van der Waals surface area contributed by atoms with Gasteiger partial charge in [-0.05, 0) is 25.2 Å². The molecule has 96 valence electrons. The summed E-state index contributed by atoms with van der Waals surface area (Å²) < 4.78 is 11.1. The number of hydrogen-bond acceptors (Lipinski definition) is 3. The number of likely N-dealkylation sites (tertiary alicyclic amines) is 1. The number of ether oxygens (including phenoxy) is 2. The first kappa shape index (κ1) is 11.5. The van der Waals surface area contributed by atoms with Gasteiger partial charge >= 0.3 is 0 Å². The molecule has 2 aliphatic heterocycles. The van der Waals surface area contributed by atoms with Crippen LogP contribution in [0.5, 0.6) is 0 Å². The van der Waals surface area contributed by atoms with Crippen LogP contribution in [0.15, 0.2) is 0 Å². The Morgan fingerprint density at radius 1 is 1.18 bits per heavy atom. The van der Waals surface area contributed by atoms with Gasteiger partial charge in [-0.3, -0.25) is 4.79 Å². The SMILES string of the molecule is CC1CC1C(=O)N1CCC(C2OCCO2)CC1. The lowest BCUT2D eigenvalue weighted by Crippen LogP contribution is -2.42. The largest absolute Gasteiger partial charge is 0.350 e. The van der Waals surface area contributed by atoms with Gasteiger partial charge in [0.25, 0.3) is 0 Å². The van der Waals surface area contributed by atoms with Crippen LogP contribution in [0.2, 0.25) is 0 Å². The Bertz CT molecular complexity index is 293. The Hall–Kier alpha value is -0.610. The minimum Gasteiger partial charge on any atom is -0.350 e. The van der Waals surface area contributed by atoms with Crippen molar-refractivity contribution < 1.29 is 14.3 Å². The molecule has 3 aliphatic rings. The van der Waals surface area contributed by atoms with E-state index in [1.807, 2.05) is 4.90 Å². The molecule has 0 aromatic rings. The summed E-state index contributed by atoms with van der Waals surface area (Å²) in [5.41, 5.74) is 0. The van der Waals surface area contributed by atoms with E-state index >= 15 is 0 Å². The van der Waals surface area contributed by atoms with Gasteiger partial charge in [-0.2, -0.15) is 0 Å². The van der Waals surface area contributed by atoms with E-state index in [9.17, 15) is 4.79 Å². The quantitative estimate of drug-likeness (QED) is 0.728. The third-order valence-electron chi connectivity index (χ3n) is 4.31. The Balaban J connectivity index is 1.48. The molecular formula is C13H21NO3. The maximum Gasteiger partial charge on any atom is 0.225 e. The summed E-state index contributed by atoms with van der Waals surface area (Å²) in [6.07, 6.45) is 3.13. The normalized spacial score (nSPS) is 35.2. The summed E-state index contributed by atoms with van der Waals surface area (Å²) in [4.78, 5) is 14.1. The maximum atomic E-state index is 12.1. The fraction of sp³-hybridized carbons (Fsp3) is 0.923. The molecule has 1 saturated carbocycles. The van der Waals surface area contributed by atoms with Crippen molar-refractivity contribution >= 4 is 5.91 Å². The standard InChI is InChI=1S/C13H21NO3/c1-9-8-11(9)12(15)14-4-2-10(3-5-14)13-16-6-7-17-13/h9-11,13H,2-8H2,1H3. The number of carbonyl (C=O) groups is 1. The van der Waals surface area contributed by atoms with Gasteiger partial charge in [0.2, 0.25) is 5.91 Å². The first-order chi connectivity index (χ1) is 8.25. The van der Waals surface area contributed by atoms with Gasteiger partial charge in [-0.25, -0.2) is 0 Å². The van der Waals surface area contributed by atoms with Crippen LogP contribution in [-0.4, -0.2) is 43.4 Å². The van der Waals surface area contributed by atoms with E-state index < -0.39 is 0 Å². The zero-order valence-corrected chi connectivity index (χ0v) is 10.4. The Kier molecular flexibility index (Phi) is 3.09. The number of piperidine rings is 1. The molecule has 0 bridgehead atoms. The maximum absolute atomic E-state index is 12.1. The zero-order valence-electron chi connectivity index (χ0n) is 10.4. The highest BCUT2D eigenvalue weighted by atomic mass is 16.7. The van der Waals surface area contributed by atoms with E-state index in [1.54, 1.807) is 0 Å². The van der Waals surface area contributed by atoms with Crippen LogP contribution in [-0.2, 0) is 14.3 Å². The molecule has 1 amide bonds. The molecule has 4 heteroatoms. The van der Waals surface area contributed by atoms with Gasteiger partial charge in [-0.1, -0.05) is 6.92 Å². The summed E-state index contributed by atoms with van der Waals surface area (Å²) in [7, 11) is 0. The molecular weight excluding hydrogens is 218 g/mol. The molecule has 0 spiro atoms. The predicted octanol–water partition coefficient (Wildman–Crippen LogP) is 1.25. The number of amides is 1. The molecule has 17 heavy (non-hydrogen) atoms. The molecule has 2 atom stereocenters. The van der Waals surface area contributed by atoms with E-state index in [4.69, 9.17) is 9.47 Å². The molecule has 0 aromatic carbocycles. The highest BCUT2D eigenvalue weighted by molar-refractivity contribution is 5.81. The monoisotopic (exact) mass is 239 g/mol. The fourth-order valence-electron chi connectivity index (χ4n) is 2.94. The second-order valence-corrected chi connectivity index (χ2v) is 5.59. The van der Waals surface area contributed by atoms with Crippen LogP contribution in [0, 0.1) is 17.8 Å². The minimum absolute atomic E-state index is 0.00731. The minimum atomic E-state index is -0.00731. The van der Waals surface area contributed by atoms with Crippen LogP contribution < -0.4 is 0 Å². The van der Waals surface area contributed by atoms with Gasteiger partial charge < -0.3 is 14.4 Å². The van der Waals surface area contributed by atoms with Crippen molar-refractivity contribution in [2.45, 2.75) is 32.5 Å². The zero-order chi connectivity index (χ0) is 11.8. The van der Waals surface area contributed by atoms with Crippen LogP contribution in [0.3, 0.4) is 0 Å². The van der Waals surface area contributed by atoms with Crippen LogP contribution in [0.4, 0.5) is 0 Å². The summed E-state index contributed by atoms with van der Waals surface area (Å²) in [6.45, 7) is 5.38. The van der Waals surface area contributed by atoms with Crippen molar-refractivity contribution in [2.75, 3.05) is 26.3 Å². The highest BCUT2D eigenvalue weighted by Crippen LogP contribution is 2.40. The molecule has 0 aromatic heterocycles. The van der Waals surface area contributed by atoms with Crippen molar-refractivity contribution in [3.8, 4) is 0 Å². The Morgan fingerprint density at radius 3 is 2.29 bits per heavy atom. The van der Waals surface area contributed by atoms with Crippen LogP contribution >= 0.6 is 0 Å². The van der Waals surface area contributed by atoms with Gasteiger partial charge in [-0.15, -0.1) is 0 Å².